The molecule has 0 bridgehead atoms. The van der Waals surface area contributed by atoms with E-state index in [9.17, 15) is 34.5 Å². The third-order valence-corrected chi connectivity index (χ3v) is 10.1. The number of amides is 3. The van der Waals surface area contributed by atoms with Gasteiger partial charge in [-0.1, -0.05) is 36.4 Å². The lowest BCUT2D eigenvalue weighted by Crippen LogP contribution is -2.34. The van der Waals surface area contributed by atoms with E-state index in [1.807, 2.05) is 0 Å². The lowest BCUT2D eigenvalue weighted by molar-refractivity contribution is -0.145. The number of hydrogen-bond acceptors (Lipinski definition) is 11. The summed E-state index contributed by atoms with van der Waals surface area (Å²) in [6.07, 6.45) is 7.57. The van der Waals surface area contributed by atoms with E-state index < -0.39 is 29.1 Å². The van der Waals surface area contributed by atoms with Gasteiger partial charge >= 0.3 is 5.97 Å². The van der Waals surface area contributed by atoms with Crippen molar-refractivity contribution in [1.82, 2.24) is 30.9 Å². The summed E-state index contributed by atoms with van der Waals surface area (Å²) in [7, 11) is 0. The number of nitrogens with zero attached hydrogens (tertiary/aromatic N) is 3. The summed E-state index contributed by atoms with van der Waals surface area (Å²) in [6, 6.07) is 20.4. The first-order valence-corrected chi connectivity index (χ1v) is 18.7. The van der Waals surface area contributed by atoms with Gasteiger partial charge in [0.05, 0.1) is 23.3 Å². The van der Waals surface area contributed by atoms with Crippen molar-refractivity contribution < 1.29 is 39.2 Å². The van der Waals surface area contributed by atoms with Crippen LogP contribution in [0.25, 0.3) is 32.7 Å². The average molecular weight is 773 g/mol. The number of aromatic nitrogens is 3. The van der Waals surface area contributed by atoms with Crippen LogP contribution in [-0.4, -0.2) is 80.2 Å². The fraction of sp³-hybridized carbons (Fsp3) is 0.279. The molecule has 0 spiro atoms. The third-order valence-electron chi connectivity index (χ3n) is 10.1. The molecule has 3 aromatic heterocycles. The van der Waals surface area contributed by atoms with Crippen LogP contribution in [0, 0.1) is 5.41 Å². The van der Waals surface area contributed by atoms with Crippen molar-refractivity contribution >= 4 is 56.4 Å². The first-order chi connectivity index (χ1) is 27.6. The van der Waals surface area contributed by atoms with E-state index in [1.165, 1.54) is 6.92 Å². The maximum atomic E-state index is 13.1. The number of fused-ring (bicyclic) bond motifs is 3. The van der Waals surface area contributed by atoms with Crippen LogP contribution < -0.4 is 16.0 Å². The first kappa shape index (κ1) is 39.9. The number of hydrogen-bond donors (Lipinski definition) is 6. The quantitative estimate of drug-likeness (QED) is 0.0472. The van der Waals surface area contributed by atoms with Crippen LogP contribution in [0.1, 0.15) is 76.5 Å². The average Bonchev–Trinajstić information content (AvgIpc) is 3.22. The molecule has 0 atom stereocenters. The van der Waals surface area contributed by atoms with E-state index in [4.69, 9.17) is 4.74 Å². The van der Waals surface area contributed by atoms with Crippen LogP contribution in [0.4, 0.5) is 0 Å². The van der Waals surface area contributed by atoms with Crippen molar-refractivity contribution in [2.45, 2.75) is 45.4 Å². The van der Waals surface area contributed by atoms with Gasteiger partial charge in [0.1, 0.15) is 16.6 Å². The van der Waals surface area contributed by atoms with Crippen molar-refractivity contribution in [3.8, 4) is 17.2 Å². The van der Waals surface area contributed by atoms with E-state index in [2.05, 4.69) is 30.9 Å². The van der Waals surface area contributed by atoms with E-state index in [0.717, 1.165) is 0 Å². The Balaban J connectivity index is 1.12. The van der Waals surface area contributed by atoms with Crippen LogP contribution in [0.3, 0.4) is 0 Å². The Hall–Kier alpha value is -6.83. The van der Waals surface area contributed by atoms with E-state index >= 15 is 0 Å². The smallest absolute Gasteiger partial charge is 0.302 e. The molecule has 0 unspecified atom stereocenters. The minimum absolute atomic E-state index is 0.0591. The maximum absolute atomic E-state index is 13.1. The number of carbonyl (C=O) groups excluding carboxylic acids is 4. The fourth-order valence-electron chi connectivity index (χ4n) is 7.07. The molecule has 6 rings (SSSR count). The molecular formula is C43H44N6O8. The second-order valence-corrected chi connectivity index (χ2v) is 14.0. The van der Waals surface area contributed by atoms with Crippen molar-refractivity contribution in [3.63, 3.8) is 0 Å². The summed E-state index contributed by atoms with van der Waals surface area (Å²) < 4.78 is 5.60. The summed E-state index contributed by atoms with van der Waals surface area (Å²) in [4.78, 5) is 64.1. The monoisotopic (exact) mass is 772 g/mol. The van der Waals surface area contributed by atoms with Crippen LogP contribution in [0.15, 0.2) is 91.4 Å². The van der Waals surface area contributed by atoms with E-state index in [0.29, 0.717) is 71.2 Å². The predicted molar refractivity (Wildman–Crippen MR) is 214 cm³/mol. The van der Waals surface area contributed by atoms with E-state index in [1.54, 1.807) is 91.4 Å². The lowest BCUT2D eigenvalue weighted by Gasteiger charge is -2.34. The number of pyridine rings is 3. The van der Waals surface area contributed by atoms with Crippen molar-refractivity contribution in [3.05, 3.63) is 108 Å². The summed E-state index contributed by atoms with van der Waals surface area (Å²) in [5, 5.41) is 43.0. The molecular weight excluding hydrogens is 729 g/mol. The minimum Gasteiger partial charge on any atom is -0.505 e. The predicted octanol–water partition coefficient (Wildman–Crippen LogP) is 5.93. The number of ether oxygens (including phenoxy) is 1. The van der Waals surface area contributed by atoms with Gasteiger partial charge in [-0.15, -0.1) is 0 Å². The zero-order chi connectivity index (χ0) is 40.4. The maximum Gasteiger partial charge on any atom is 0.302 e. The molecule has 57 heavy (non-hydrogen) atoms. The molecule has 0 saturated heterocycles. The minimum atomic E-state index is -0.620. The molecule has 0 saturated carbocycles. The normalized spacial score (nSPS) is 11.4. The summed E-state index contributed by atoms with van der Waals surface area (Å²) in [6.45, 7) is 2.13. The number of esters is 1. The van der Waals surface area contributed by atoms with Crippen LogP contribution in [0.2, 0.25) is 0 Å². The zero-order valence-corrected chi connectivity index (χ0v) is 31.5. The van der Waals surface area contributed by atoms with Gasteiger partial charge in [0.15, 0.2) is 17.2 Å². The Morgan fingerprint density at radius 2 is 0.877 bits per heavy atom. The summed E-state index contributed by atoms with van der Waals surface area (Å²) >= 11 is 0. The molecule has 294 valence electrons. The molecule has 3 aromatic carbocycles. The van der Waals surface area contributed by atoms with Gasteiger partial charge in [-0.3, -0.25) is 34.1 Å². The number of benzene rings is 3. The second-order valence-electron chi connectivity index (χ2n) is 14.0. The highest BCUT2D eigenvalue weighted by Crippen LogP contribution is 2.36. The van der Waals surface area contributed by atoms with Crippen LogP contribution in [0.5, 0.6) is 17.2 Å². The van der Waals surface area contributed by atoms with Gasteiger partial charge in [0.2, 0.25) is 0 Å². The molecule has 14 nitrogen and oxygen atoms in total. The number of nitrogens with one attached hydrogen (secondary N) is 3. The Morgan fingerprint density at radius 3 is 1.19 bits per heavy atom. The van der Waals surface area contributed by atoms with Gasteiger partial charge in [-0.2, -0.15) is 0 Å². The highest BCUT2D eigenvalue weighted by atomic mass is 16.5. The molecule has 0 fully saturated rings. The highest BCUT2D eigenvalue weighted by molar-refractivity contribution is 6.04. The number of aromatic hydroxyl groups is 3. The van der Waals surface area contributed by atoms with Gasteiger partial charge in [-0.25, -0.2) is 0 Å². The third kappa shape index (κ3) is 9.53. The Morgan fingerprint density at radius 1 is 0.544 bits per heavy atom. The Kier molecular flexibility index (Phi) is 12.7. The molecule has 0 aliphatic carbocycles. The number of rotatable bonds is 17. The Bertz CT molecular complexity index is 2180. The van der Waals surface area contributed by atoms with Crippen molar-refractivity contribution in [2.24, 2.45) is 5.41 Å². The van der Waals surface area contributed by atoms with E-state index in [-0.39, 0.29) is 60.2 Å². The summed E-state index contributed by atoms with van der Waals surface area (Å²) in [5.74, 6) is -2.47. The summed E-state index contributed by atoms with van der Waals surface area (Å²) in [5.41, 5.74) is 0.644. The molecule has 0 radical (unpaired) electrons. The topological polar surface area (TPSA) is 213 Å². The zero-order valence-electron chi connectivity index (χ0n) is 31.5. The van der Waals surface area contributed by atoms with Crippen LogP contribution >= 0.6 is 0 Å². The van der Waals surface area contributed by atoms with Gasteiger partial charge in [0, 0.05) is 66.7 Å². The van der Waals surface area contributed by atoms with Crippen molar-refractivity contribution in [2.75, 3.05) is 26.2 Å². The molecule has 6 N–H and O–H groups in total. The highest BCUT2D eigenvalue weighted by Gasteiger charge is 2.31. The SMILES string of the molecule is CC(=O)OCC(CCCNC(=O)c1ccc2cccnc2c1O)(CCCNC(=O)c1ccc2cccnc2c1O)CCCNC(=O)c1ccc2cccnc2c1O. The second kappa shape index (κ2) is 18.2. The molecule has 6 aromatic rings. The van der Waals surface area contributed by atoms with Gasteiger partial charge in [-0.05, 0) is 74.9 Å². The van der Waals surface area contributed by atoms with Gasteiger partial charge in [0.25, 0.3) is 17.7 Å². The molecule has 0 aliphatic rings. The molecule has 3 heterocycles. The van der Waals surface area contributed by atoms with Gasteiger partial charge < -0.3 is 36.0 Å². The number of carbonyl (C=O) groups is 4. The molecule has 3 amide bonds. The standard InChI is InChI=1S/C43H44N6O8/c1-27(50)57-26-43(17-5-23-47-40(54)31-14-11-28-8-2-20-44-34(28)37(31)51,18-6-24-48-41(55)32-15-12-29-9-3-21-45-35(29)38(32)52)19-7-25-49-42(56)33-16-13-30-10-4-22-46-36(30)39(33)53/h2-4,8-16,20-22,51-53H,5-7,17-19,23-26H2,1H3,(H,47,54)(H,48,55)(H,49,56). The lowest BCUT2D eigenvalue weighted by atomic mass is 9.75. The molecule has 0 aliphatic heterocycles. The largest absolute Gasteiger partial charge is 0.505 e. The number of phenolic OH excluding ortho intramolecular Hbond substituents is 3. The first-order valence-electron chi connectivity index (χ1n) is 18.7. The van der Waals surface area contributed by atoms with Crippen molar-refractivity contribution in [1.29, 1.82) is 0 Å². The fourth-order valence-corrected chi connectivity index (χ4v) is 7.07. The van der Waals surface area contributed by atoms with Crippen LogP contribution in [-0.2, 0) is 9.53 Å². The molecule has 14 heteroatoms. The number of phenols is 3. The Labute approximate surface area is 328 Å².